The summed E-state index contributed by atoms with van der Waals surface area (Å²) >= 11 is 0. The van der Waals surface area contributed by atoms with Crippen molar-refractivity contribution in [1.29, 1.82) is 0 Å². The van der Waals surface area contributed by atoms with Crippen LogP contribution in [0, 0.1) is 24.5 Å². The molecule has 2 N–H and O–H groups in total. The van der Waals surface area contributed by atoms with E-state index in [1.165, 1.54) is 12.1 Å². The Kier molecular flexibility index (Phi) is 6.89. The first-order valence-electron chi connectivity index (χ1n) is 11.1. The Morgan fingerprint density at radius 2 is 1.76 bits per heavy atom. The van der Waals surface area contributed by atoms with Crippen LogP contribution in [0.5, 0.6) is 0 Å². The molecule has 0 radical (unpaired) electrons. The highest BCUT2D eigenvalue weighted by atomic mass is 32.2. The SMILES string of the molecule is CC[C@@H](NC(=O)C1CC1c1cc(F)c(C(C)(C)C)c(F)c1)c1ccc(NS(C)(=O)=O)c(C)c1. The van der Waals surface area contributed by atoms with E-state index in [1.54, 1.807) is 39.8 Å². The highest BCUT2D eigenvalue weighted by molar-refractivity contribution is 7.92. The second-order valence-electron chi connectivity index (χ2n) is 9.98. The smallest absolute Gasteiger partial charge is 0.229 e. The van der Waals surface area contributed by atoms with Crippen molar-refractivity contribution in [1.82, 2.24) is 5.32 Å². The van der Waals surface area contributed by atoms with E-state index in [4.69, 9.17) is 0 Å². The highest BCUT2D eigenvalue weighted by Gasteiger charge is 2.45. The maximum atomic E-state index is 14.6. The molecule has 3 atom stereocenters. The molecule has 2 unspecified atom stereocenters. The van der Waals surface area contributed by atoms with Gasteiger partial charge in [0.2, 0.25) is 15.9 Å². The van der Waals surface area contributed by atoms with E-state index in [0.29, 0.717) is 24.1 Å². The number of nitrogens with one attached hydrogen (secondary N) is 2. The molecule has 0 aliphatic heterocycles. The third kappa shape index (κ3) is 5.91. The number of hydrogen-bond acceptors (Lipinski definition) is 3. The lowest BCUT2D eigenvalue weighted by molar-refractivity contribution is -0.123. The fourth-order valence-electron chi connectivity index (χ4n) is 4.29. The topological polar surface area (TPSA) is 75.3 Å². The fourth-order valence-corrected chi connectivity index (χ4v) is 4.92. The van der Waals surface area contributed by atoms with Crippen molar-refractivity contribution >= 4 is 21.6 Å². The fraction of sp³-hybridized carbons (Fsp3) is 0.480. The zero-order chi connectivity index (χ0) is 24.7. The number of carbonyl (C=O) groups is 1. The lowest BCUT2D eigenvalue weighted by Crippen LogP contribution is -2.30. The number of sulfonamides is 1. The van der Waals surface area contributed by atoms with Crippen molar-refractivity contribution in [3.8, 4) is 0 Å². The standard InChI is InChI=1S/C25H32F2N2O3S/c1-7-21(15-8-9-22(14(2)10-15)29-33(6,31)32)28-24(30)18-13-17(18)16-11-19(26)23(20(27)12-16)25(3,4)5/h8-12,17-18,21,29H,7,13H2,1-6H3,(H,28,30)/t17?,18?,21-/m1/s1. The van der Waals surface area contributed by atoms with Crippen LogP contribution in [0.2, 0.25) is 0 Å². The molecule has 180 valence electrons. The molecule has 2 aromatic rings. The molecule has 8 heteroatoms. The van der Waals surface area contributed by atoms with Crippen LogP contribution in [0.4, 0.5) is 14.5 Å². The molecule has 1 saturated carbocycles. The van der Waals surface area contributed by atoms with E-state index in [9.17, 15) is 22.0 Å². The molecular formula is C25H32F2N2O3S. The van der Waals surface area contributed by atoms with Crippen LogP contribution in [0.15, 0.2) is 30.3 Å². The number of carbonyl (C=O) groups excluding carboxylic acids is 1. The summed E-state index contributed by atoms with van der Waals surface area (Å²) in [6.45, 7) is 9.03. The van der Waals surface area contributed by atoms with E-state index in [-0.39, 0.29) is 29.3 Å². The monoisotopic (exact) mass is 478 g/mol. The van der Waals surface area contributed by atoms with E-state index < -0.39 is 27.1 Å². The van der Waals surface area contributed by atoms with Gasteiger partial charge in [-0.3, -0.25) is 9.52 Å². The quantitative estimate of drug-likeness (QED) is 0.566. The summed E-state index contributed by atoms with van der Waals surface area (Å²) in [6, 6.07) is 7.79. The van der Waals surface area contributed by atoms with Crippen molar-refractivity contribution in [2.75, 3.05) is 11.0 Å². The third-order valence-corrected chi connectivity index (χ3v) is 6.63. The summed E-state index contributed by atoms with van der Waals surface area (Å²) < 4.78 is 54.7. The molecular weight excluding hydrogens is 446 g/mol. The first-order chi connectivity index (χ1) is 15.2. The first kappa shape index (κ1) is 25.1. The minimum Gasteiger partial charge on any atom is -0.349 e. The predicted octanol–water partition coefficient (Wildman–Crippen LogP) is 5.31. The summed E-state index contributed by atoms with van der Waals surface area (Å²) in [5, 5.41) is 3.04. The van der Waals surface area contributed by atoms with Crippen molar-refractivity contribution in [2.45, 2.75) is 64.8 Å². The van der Waals surface area contributed by atoms with E-state index >= 15 is 0 Å². The van der Waals surface area contributed by atoms with Gasteiger partial charge in [0.15, 0.2) is 0 Å². The Hall–Kier alpha value is -2.48. The van der Waals surface area contributed by atoms with Crippen LogP contribution >= 0.6 is 0 Å². The second-order valence-corrected chi connectivity index (χ2v) is 11.7. The Morgan fingerprint density at radius 3 is 2.24 bits per heavy atom. The van der Waals surface area contributed by atoms with Gasteiger partial charge in [-0.05, 0) is 66.0 Å². The van der Waals surface area contributed by atoms with E-state index in [0.717, 1.165) is 17.4 Å². The van der Waals surface area contributed by atoms with Crippen LogP contribution in [-0.2, 0) is 20.2 Å². The number of anilines is 1. The summed E-state index contributed by atoms with van der Waals surface area (Å²) in [4.78, 5) is 12.9. The van der Waals surface area contributed by atoms with Gasteiger partial charge in [0.25, 0.3) is 0 Å². The number of rotatable bonds is 7. The van der Waals surface area contributed by atoms with Crippen molar-refractivity contribution < 1.29 is 22.0 Å². The van der Waals surface area contributed by atoms with Crippen molar-refractivity contribution in [2.24, 2.45) is 5.92 Å². The molecule has 1 fully saturated rings. The van der Waals surface area contributed by atoms with Gasteiger partial charge in [-0.1, -0.05) is 39.8 Å². The maximum Gasteiger partial charge on any atom is 0.229 e. The van der Waals surface area contributed by atoms with Gasteiger partial charge in [0.1, 0.15) is 11.6 Å². The molecule has 1 aliphatic carbocycles. The summed E-state index contributed by atoms with van der Waals surface area (Å²) in [7, 11) is -3.38. The minimum absolute atomic E-state index is 0.0585. The van der Waals surface area contributed by atoms with Gasteiger partial charge in [0, 0.05) is 11.5 Å². The number of aryl methyl sites for hydroxylation is 1. The van der Waals surface area contributed by atoms with Crippen LogP contribution < -0.4 is 10.0 Å². The Morgan fingerprint density at radius 1 is 1.15 bits per heavy atom. The number of halogens is 2. The van der Waals surface area contributed by atoms with Gasteiger partial charge in [-0.25, -0.2) is 17.2 Å². The average molecular weight is 479 g/mol. The number of amides is 1. The Labute approximate surface area is 195 Å². The van der Waals surface area contributed by atoms with Gasteiger partial charge in [-0.15, -0.1) is 0 Å². The third-order valence-electron chi connectivity index (χ3n) is 6.04. The zero-order valence-corrected chi connectivity index (χ0v) is 20.7. The molecule has 5 nitrogen and oxygen atoms in total. The van der Waals surface area contributed by atoms with Gasteiger partial charge in [-0.2, -0.15) is 0 Å². The molecule has 1 aliphatic rings. The average Bonchev–Trinajstić information content (AvgIpc) is 3.46. The van der Waals surface area contributed by atoms with Crippen molar-refractivity contribution in [3.63, 3.8) is 0 Å². The molecule has 33 heavy (non-hydrogen) atoms. The molecule has 0 bridgehead atoms. The molecule has 1 amide bonds. The van der Waals surface area contributed by atoms with Gasteiger partial charge >= 0.3 is 0 Å². The summed E-state index contributed by atoms with van der Waals surface area (Å²) in [5.41, 5.74) is 2.03. The van der Waals surface area contributed by atoms with E-state index in [2.05, 4.69) is 10.0 Å². The highest BCUT2D eigenvalue weighted by Crippen LogP contribution is 2.49. The van der Waals surface area contributed by atoms with Crippen LogP contribution in [0.3, 0.4) is 0 Å². The molecule has 0 heterocycles. The lowest BCUT2D eigenvalue weighted by atomic mass is 9.85. The predicted molar refractivity (Wildman–Crippen MR) is 127 cm³/mol. The van der Waals surface area contributed by atoms with Crippen LogP contribution in [0.25, 0.3) is 0 Å². The summed E-state index contributed by atoms with van der Waals surface area (Å²) in [5.74, 6) is -1.83. The van der Waals surface area contributed by atoms with Crippen molar-refractivity contribution in [3.05, 3.63) is 64.2 Å². The largest absolute Gasteiger partial charge is 0.349 e. The maximum absolute atomic E-state index is 14.6. The Balaban J connectivity index is 1.71. The number of hydrogen-bond donors (Lipinski definition) is 2. The Bertz CT molecular complexity index is 1150. The molecule has 0 spiro atoms. The second kappa shape index (κ2) is 9.05. The van der Waals surface area contributed by atoms with Crippen LogP contribution in [0.1, 0.15) is 74.8 Å². The van der Waals surface area contributed by atoms with E-state index in [1.807, 2.05) is 13.0 Å². The lowest BCUT2D eigenvalue weighted by Gasteiger charge is -2.21. The normalized spacial score (nSPS) is 19.2. The molecule has 0 aromatic heterocycles. The molecule has 0 saturated heterocycles. The number of benzene rings is 2. The van der Waals surface area contributed by atoms with Gasteiger partial charge in [0.05, 0.1) is 18.0 Å². The van der Waals surface area contributed by atoms with Gasteiger partial charge < -0.3 is 5.32 Å². The van der Waals surface area contributed by atoms with Crippen LogP contribution in [-0.4, -0.2) is 20.6 Å². The zero-order valence-electron chi connectivity index (χ0n) is 19.9. The molecule has 3 rings (SSSR count). The summed E-state index contributed by atoms with van der Waals surface area (Å²) in [6.07, 6.45) is 2.28. The molecule has 2 aromatic carbocycles. The first-order valence-corrected chi connectivity index (χ1v) is 13.0. The minimum atomic E-state index is -3.38.